The minimum Gasteiger partial charge on any atom is -0.324 e. The summed E-state index contributed by atoms with van der Waals surface area (Å²) >= 11 is 0. The Bertz CT molecular complexity index is 328. The number of hydrogen-bond acceptors (Lipinski definition) is 1. The van der Waals surface area contributed by atoms with Crippen LogP contribution in [0.5, 0.6) is 0 Å². The van der Waals surface area contributed by atoms with E-state index in [9.17, 15) is 0 Å². The molecule has 1 rings (SSSR count). The van der Waals surface area contributed by atoms with Crippen molar-refractivity contribution in [3.63, 3.8) is 0 Å². The van der Waals surface area contributed by atoms with E-state index >= 15 is 0 Å². The van der Waals surface area contributed by atoms with Gasteiger partial charge in [0.05, 0.1) is 0 Å². The lowest BCUT2D eigenvalue weighted by Crippen LogP contribution is -2.11. The molecule has 0 fully saturated rings. The van der Waals surface area contributed by atoms with E-state index in [2.05, 4.69) is 38.6 Å². The maximum atomic E-state index is 6.17. The molecular formula is C14H21N. The van der Waals surface area contributed by atoms with Crippen molar-refractivity contribution in [1.82, 2.24) is 0 Å². The van der Waals surface area contributed by atoms with E-state index in [0.717, 1.165) is 19.3 Å². The van der Waals surface area contributed by atoms with Crippen LogP contribution in [0.15, 0.2) is 30.9 Å². The predicted octanol–water partition coefficient (Wildman–Crippen LogP) is 3.66. The maximum absolute atomic E-state index is 6.17. The summed E-state index contributed by atoms with van der Waals surface area (Å²) in [6.45, 7) is 7.96. The zero-order valence-electron chi connectivity index (χ0n) is 9.79. The van der Waals surface area contributed by atoms with Crippen molar-refractivity contribution >= 4 is 0 Å². The van der Waals surface area contributed by atoms with Gasteiger partial charge in [0.15, 0.2) is 0 Å². The van der Waals surface area contributed by atoms with Crippen molar-refractivity contribution in [1.29, 1.82) is 0 Å². The van der Waals surface area contributed by atoms with Crippen molar-refractivity contribution in [3.05, 3.63) is 47.5 Å². The van der Waals surface area contributed by atoms with Gasteiger partial charge in [0.25, 0.3) is 0 Å². The van der Waals surface area contributed by atoms with E-state index in [1.807, 2.05) is 6.08 Å². The molecule has 1 nitrogen and oxygen atoms in total. The van der Waals surface area contributed by atoms with Crippen LogP contribution >= 0.6 is 0 Å². The fraction of sp³-hybridized carbons (Fsp3) is 0.429. The van der Waals surface area contributed by atoms with Gasteiger partial charge in [-0.25, -0.2) is 0 Å². The Balaban J connectivity index is 2.67. The van der Waals surface area contributed by atoms with Crippen LogP contribution in [-0.2, 0) is 0 Å². The van der Waals surface area contributed by atoms with Crippen molar-refractivity contribution < 1.29 is 0 Å². The molecule has 0 radical (unpaired) electrons. The topological polar surface area (TPSA) is 26.0 Å². The molecule has 82 valence electrons. The molecule has 0 heterocycles. The number of rotatable bonds is 5. The molecule has 0 aliphatic rings. The Morgan fingerprint density at radius 1 is 1.40 bits per heavy atom. The van der Waals surface area contributed by atoms with Gasteiger partial charge in [-0.3, -0.25) is 0 Å². The van der Waals surface area contributed by atoms with Gasteiger partial charge in [0, 0.05) is 6.04 Å². The third-order valence-corrected chi connectivity index (χ3v) is 2.76. The van der Waals surface area contributed by atoms with Gasteiger partial charge >= 0.3 is 0 Å². The summed E-state index contributed by atoms with van der Waals surface area (Å²) in [4.78, 5) is 0. The van der Waals surface area contributed by atoms with Crippen molar-refractivity contribution in [2.45, 2.75) is 39.2 Å². The molecule has 0 spiro atoms. The molecular weight excluding hydrogens is 182 g/mol. The molecule has 0 aliphatic carbocycles. The Morgan fingerprint density at radius 2 is 2.13 bits per heavy atom. The monoisotopic (exact) mass is 203 g/mol. The van der Waals surface area contributed by atoms with E-state index < -0.39 is 0 Å². The van der Waals surface area contributed by atoms with Gasteiger partial charge in [0.1, 0.15) is 0 Å². The largest absolute Gasteiger partial charge is 0.324 e. The minimum absolute atomic E-state index is 0.171. The van der Waals surface area contributed by atoms with Crippen molar-refractivity contribution in [3.8, 4) is 0 Å². The zero-order chi connectivity index (χ0) is 11.3. The van der Waals surface area contributed by atoms with Gasteiger partial charge in [-0.05, 0) is 44.2 Å². The van der Waals surface area contributed by atoms with Gasteiger partial charge < -0.3 is 5.73 Å². The first-order valence-corrected chi connectivity index (χ1v) is 5.58. The molecule has 0 aliphatic heterocycles. The SMILES string of the molecule is C=CCCCC(N)c1cc(C)ccc1C. The van der Waals surface area contributed by atoms with Crippen LogP contribution < -0.4 is 5.73 Å². The summed E-state index contributed by atoms with van der Waals surface area (Å²) < 4.78 is 0. The van der Waals surface area contributed by atoms with E-state index in [1.165, 1.54) is 16.7 Å². The molecule has 0 aromatic heterocycles. The number of allylic oxidation sites excluding steroid dienone is 1. The van der Waals surface area contributed by atoms with Gasteiger partial charge in [-0.15, -0.1) is 6.58 Å². The van der Waals surface area contributed by atoms with Gasteiger partial charge in [-0.1, -0.05) is 29.8 Å². The fourth-order valence-corrected chi connectivity index (χ4v) is 1.80. The second kappa shape index (κ2) is 5.72. The summed E-state index contributed by atoms with van der Waals surface area (Å²) in [5.41, 5.74) is 10.0. The highest BCUT2D eigenvalue weighted by atomic mass is 14.6. The lowest BCUT2D eigenvalue weighted by molar-refractivity contribution is 0.614. The smallest absolute Gasteiger partial charge is 0.0297 e. The molecule has 0 bridgehead atoms. The normalized spacial score (nSPS) is 12.5. The second-order valence-electron chi connectivity index (χ2n) is 4.19. The van der Waals surface area contributed by atoms with E-state index in [0.29, 0.717) is 0 Å². The van der Waals surface area contributed by atoms with Gasteiger partial charge in [-0.2, -0.15) is 0 Å². The molecule has 2 N–H and O–H groups in total. The first-order valence-electron chi connectivity index (χ1n) is 5.58. The van der Waals surface area contributed by atoms with Crippen LogP contribution in [0.3, 0.4) is 0 Å². The van der Waals surface area contributed by atoms with Crippen LogP contribution in [-0.4, -0.2) is 0 Å². The molecule has 0 saturated carbocycles. The third-order valence-electron chi connectivity index (χ3n) is 2.76. The Labute approximate surface area is 93.0 Å². The molecule has 1 atom stereocenters. The molecule has 15 heavy (non-hydrogen) atoms. The lowest BCUT2D eigenvalue weighted by Gasteiger charge is -2.15. The fourth-order valence-electron chi connectivity index (χ4n) is 1.80. The molecule has 1 aromatic carbocycles. The number of nitrogens with two attached hydrogens (primary N) is 1. The Kier molecular flexibility index (Phi) is 4.57. The second-order valence-corrected chi connectivity index (χ2v) is 4.19. The first-order chi connectivity index (χ1) is 7.15. The lowest BCUT2D eigenvalue weighted by atomic mass is 9.96. The van der Waals surface area contributed by atoms with E-state index in [4.69, 9.17) is 5.73 Å². The minimum atomic E-state index is 0.171. The number of aryl methyl sites for hydroxylation is 2. The number of unbranched alkanes of at least 4 members (excludes halogenated alkanes) is 1. The number of hydrogen-bond donors (Lipinski definition) is 1. The molecule has 1 unspecified atom stereocenters. The van der Waals surface area contributed by atoms with Crippen molar-refractivity contribution in [2.75, 3.05) is 0 Å². The zero-order valence-corrected chi connectivity index (χ0v) is 9.79. The van der Waals surface area contributed by atoms with E-state index in [1.54, 1.807) is 0 Å². The maximum Gasteiger partial charge on any atom is 0.0297 e. The summed E-state index contributed by atoms with van der Waals surface area (Å²) in [5, 5.41) is 0. The van der Waals surface area contributed by atoms with Gasteiger partial charge in [0.2, 0.25) is 0 Å². The summed E-state index contributed by atoms with van der Waals surface area (Å²) in [6, 6.07) is 6.66. The van der Waals surface area contributed by atoms with Crippen LogP contribution in [0.4, 0.5) is 0 Å². The summed E-state index contributed by atoms with van der Waals surface area (Å²) in [5.74, 6) is 0. The van der Waals surface area contributed by atoms with Crippen molar-refractivity contribution in [2.24, 2.45) is 5.73 Å². The highest BCUT2D eigenvalue weighted by molar-refractivity contribution is 5.32. The number of benzene rings is 1. The highest BCUT2D eigenvalue weighted by Crippen LogP contribution is 2.21. The first kappa shape index (κ1) is 12.0. The summed E-state index contributed by atoms with van der Waals surface area (Å²) in [7, 11) is 0. The molecule has 0 amide bonds. The molecule has 1 aromatic rings. The average molecular weight is 203 g/mol. The highest BCUT2D eigenvalue weighted by Gasteiger charge is 2.08. The Hall–Kier alpha value is -1.08. The standard InChI is InChI=1S/C14H21N/c1-4-5-6-7-14(15)13-10-11(2)8-9-12(13)3/h4,8-10,14H,1,5-7,15H2,2-3H3. The van der Waals surface area contributed by atoms with Crippen LogP contribution in [0.1, 0.15) is 42.0 Å². The van der Waals surface area contributed by atoms with Crippen LogP contribution in [0.2, 0.25) is 0 Å². The van der Waals surface area contributed by atoms with Crippen LogP contribution in [0.25, 0.3) is 0 Å². The summed E-state index contributed by atoms with van der Waals surface area (Å²) in [6.07, 6.45) is 5.17. The Morgan fingerprint density at radius 3 is 2.80 bits per heavy atom. The van der Waals surface area contributed by atoms with E-state index in [-0.39, 0.29) is 6.04 Å². The predicted molar refractivity (Wildman–Crippen MR) is 66.9 cm³/mol. The quantitative estimate of drug-likeness (QED) is 0.573. The average Bonchev–Trinajstić information content (AvgIpc) is 2.22. The third kappa shape index (κ3) is 3.52. The molecule has 1 heteroatoms. The van der Waals surface area contributed by atoms with Crippen LogP contribution in [0, 0.1) is 13.8 Å². The molecule has 0 saturated heterocycles.